The van der Waals surface area contributed by atoms with Crippen molar-refractivity contribution < 1.29 is 4.74 Å². The smallest absolute Gasteiger partial charge is 0.193 e. The van der Waals surface area contributed by atoms with Gasteiger partial charge in [-0.3, -0.25) is 0 Å². The van der Waals surface area contributed by atoms with Gasteiger partial charge in [-0.15, -0.1) is 0 Å². The summed E-state index contributed by atoms with van der Waals surface area (Å²) >= 11 is 0. The molecule has 24 heavy (non-hydrogen) atoms. The Morgan fingerprint density at radius 1 is 1.33 bits per heavy atom. The van der Waals surface area contributed by atoms with E-state index in [1.807, 2.05) is 38.1 Å². The fourth-order valence-corrected chi connectivity index (χ4v) is 2.79. The van der Waals surface area contributed by atoms with Crippen molar-refractivity contribution in [3.63, 3.8) is 0 Å². The van der Waals surface area contributed by atoms with E-state index in [1.54, 1.807) is 0 Å². The van der Waals surface area contributed by atoms with E-state index in [4.69, 9.17) is 10.5 Å². The van der Waals surface area contributed by atoms with Crippen molar-refractivity contribution in [2.45, 2.75) is 52.3 Å². The largest absolute Gasteiger partial charge is 0.491 e. The summed E-state index contributed by atoms with van der Waals surface area (Å²) in [6.07, 6.45) is 5.76. The third-order valence-electron chi connectivity index (χ3n) is 3.87. The molecule has 0 radical (unpaired) electrons. The fraction of sp³-hybridized carbons (Fsp3) is 0.444. The molecule has 0 saturated carbocycles. The van der Waals surface area contributed by atoms with Crippen LogP contribution in [0.5, 0.6) is 5.75 Å². The summed E-state index contributed by atoms with van der Waals surface area (Å²) < 4.78 is 7.85. The number of guanidine groups is 1. The molecule has 0 spiro atoms. The number of aryl methyl sites for hydroxylation is 2. The normalized spacial score (nSPS) is 14.5. The number of nitrogens with two attached hydrogens (primary N) is 1. The molecule has 3 N–H and O–H groups in total. The summed E-state index contributed by atoms with van der Waals surface area (Å²) in [5.41, 5.74) is 7.82. The first-order chi connectivity index (χ1) is 11.6. The number of imidazole rings is 1. The highest BCUT2D eigenvalue weighted by Gasteiger charge is 2.11. The van der Waals surface area contributed by atoms with Gasteiger partial charge in [-0.05, 0) is 51.0 Å². The highest BCUT2D eigenvalue weighted by atomic mass is 16.5. The SMILES string of the molecule is CC(C)Oc1ccc(NC(N)=NCc2cn3c(n2)CCCC3)cc1. The Morgan fingerprint density at radius 3 is 2.83 bits per heavy atom. The zero-order chi connectivity index (χ0) is 16.9. The molecule has 0 unspecified atom stereocenters. The average molecular weight is 327 g/mol. The van der Waals surface area contributed by atoms with Crippen molar-refractivity contribution >= 4 is 11.6 Å². The van der Waals surface area contributed by atoms with Gasteiger partial charge in [0.25, 0.3) is 0 Å². The standard InChI is InChI=1S/C18H25N5O/c1-13(2)24-16-8-6-14(7-9-16)22-18(19)20-11-15-12-23-10-4-3-5-17(23)21-15/h6-9,12-13H,3-5,10-11H2,1-2H3,(H3,19,20,22). The first-order valence-electron chi connectivity index (χ1n) is 8.49. The van der Waals surface area contributed by atoms with Crippen LogP contribution in [0.25, 0.3) is 0 Å². The molecule has 128 valence electrons. The molecule has 1 aliphatic rings. The molecule has 2 heterocycles. The number of aromatic nitrogens is 2. The molecule has 0 aliphatic carbocycles. The average Bonchev–Trinajstić information content (AvgIpc) is 2.97. The third-order valence-corrected chi connectivity index (χ3v) is 3.87. The van der Waals surface area contributed by atoms with Crippen LogP contribution in [-0.2, 0) is 19.5 Å². The van der Waals surface area contributed by atoms with Gasteiger partial charge in [0.1, 0.15) is 11.6 Å². The number of nitrogens with one attached hydrogen (secondary N) is 1. The second-order valence-electron chi connectivity index (χ2n) is 6.32. The Balaban J connectivity index is 1.57. The van der Waals surface area contributed by atoms with Gasteiger partial charge in [-0.1, -0.05) is 0 Å². The molecular formula is C18H25N5O. The fourth-order valence-electron chi connectivity index (χ4n) is 2.79. The number of ether oxygens (including phenoxy) is 1. The lowest BCUT2D eigenvalue weighted by atomic mass is 10.2. The van der Waals surface area contributed by atoms with E-state index in [0.717, 1.165) is 30.1 Å². The lowest BCUT2D eigenvalue weighted by Gasteiger charge is -2.11. The van der Waals surface area contributed by atoms with Crippen LogP contribution in [0.1, 0.15) is 38.2 Å². The highest BCUT2D eigenvalue weighted by molar-refractivity contribution is 5.92. The van der Waals surface area contributed by atoms with Crippen molar-refractivity contribution in [2.75, 3.05) is 5.32 Å². The second-order valence-corrected chi connectivity index (χ2v) is 6.32. The zero-order valence-corrected chi connectivity index (χ0v) is 14.3. The Labute approximate surface area is 142 Å². The summed E-state index contributed by atoms with van der Waals surface area (Å²) in [5.74, 6) is 2.40. The Morgan fingerprint density at radius 2 is 2.12 bits per heavy atom. The van der Waals surface area contributed by atoms with Crippen LogP contribution in [-0.4, -0.2) is 21.6 Å². The van der Waals surface area contributed by atoms with Crippen LogP contribution < -0.4 is 15.8 Å². The number of hydrogen-bond acceptors (Lipinski definition) is 3. The molecule has 0 fully saturated rings. The summed E-state index contributed by atoms with van der Waals surface area (Å²) in [4.78, 5) is 9.01. The second kappa shape index (κ2) is 7.38. The third kappa shape index (κ3) is 4.28. The number of nitrogens with zero attached hydrogens (tertiary/aromatic N) is 3. The topological polar surface area (TPSA) is 77.5 Å². The zero-order valence-electron chi connectivity index (χ0n) is 14.3. The van der Waals surface area contributed by atoms with E-state index < -0.39 is 0 Å². The maximum absolute atomic E-state index is 5.97. The number of hydrogen-bond donors (Lipinski definition) is 2. The summed E-state index contributed by atoms with van der Waals surface area (Å²) in [5, 5.41) is 3.09. The molecule has 0 atom stereocenters. The lowest BCUT2D eigenvalue weighted by Crippen LogP contribution is -2.22. The summed E-state index contributed by atoms with van der Waals surface area (Å²) in [6, 6.07) is 7.68. The number of benzene rings is 1. The lowest BCUT2D eigenvalue weighted by molar-refractivity contribution is 0.242. The van der Waals surface area contributed by atoms with E-state index in [2.05, 4.69) is 26.1 Å². The Hall–Kier alpha value is -2.50. The van der Waals surface area contributed by atoms with Gasteiger partial charge >= 0.3 is 0 Å². The predicted octanol–water partition coefficient (Wildman–Crippen LogP) is 2.93. The van der Waals surface area contributed by atoms with Gasteiger partial charge in [0.2, 0.25) is 0 Å². The Bertz CT molecular complexity index is 679. The molecule has 1 aromatic heterocycles. The monoisotopic (exact) mass is 327 g/mol. The quantitative estimate of drug-likeness (QED) is 0.654. The van der Waals surface area contributed by atoms with Gasteiger partial charge in [-0.25, -0.2) is 9.98 Å². The first kappa shape index (κ1) is 16.4. The maximum Gasteiger partial charge on any atom is 0.193 e. The van der Waals surface area contributed by atoms with Gasteiger partial charge < -0.3 is 20.4 Å². The first-order valence-corrected chi connectivity index (χ1v) is 8.49. The van der Waals surface area contributed by atoms with Crippen molar-refractivity contribution in [1.29, 1.82) is 0 Å². The molecule has 0 saturated heterocycles. The van der Waals surface area contributed by atoms with Crippen LogP contribution in [0, 0.1) is 0 Å². The molecule has 6 heteroatoms. The van der Waals surface area contributed by atoms with Gasteiger partial charge in [0, 0.05) is 24.8 Å². The van der Waals surface area contributed by atoms with E-state index >= 15 is 0 Å². The van der Waals surface area contributed by atoms with E-state index in [-0.39, 0.29) is 6.10 Å². The van der Waals surface area contributed by atoms with Crippen LogP contribution >= 0.6 is 0 Å². The molecule has 1 aromatic carbocycles. The molecule has 0 amide bonds. The minimum Gasteiger partial charge on any atom is -0.491 e. The molecule has 1 aliphatic heterocycles. The highest BCUT2D eigenvalue weighted by Crippen LogP contribution is 2.17. The number of anilines is 1. The number of aliphatic imine (C=N–C) groups is 1. The van der Waals surface area contributed by atoms with Crippen molar-refractivity contribution in [3.8, 4) is 5.75 Å². The van der Waals surface area contributed by atoms with Crippen molar-refractivity contribution in [2.24, 2.45) is 10.7 Å². The molecule has 0 bridgehead atoms. The minimum absolute atomic E-state index is 0.163. The predicted molar refractivity (Wildman–Crippen MR) is 96.3 cm³/mol. The maximum atomic E-state index is 5.97. The van der Waals surface area contributed by atoms with Gasteiger partial charge in [0.05, 0.1) is 18.3 Å². The van der Waals surface area contributed by atoms with E-state index in [0.29, 0.717) is 12.5 Å². The van der Waals surface area contributed by atoms with Crippen LogP contribution in [0.15, 0.2) is 35.5 Å². The van der Waals surface area contributed by atoms with E-state index in [9.17, 15) is 0 Å². The molecule has 3 rings (SSSR count). The molecular weight excluding hydrogens is 302 g/mol. The minimum atomic E-state index is 0.163. The number of fused-ring (bicyclic) bond motifs is 1. The summed E-state index contributed by atoms with van der Waals surface area (Å²) in [6.45, 7) is 5.56. The van der Waals surface area contributed by atoms with Gasteiger partial charge in [-0.2, -0.15) is 0 Å². The molecule has 2 aromatic rings. The van der Waals surface area contributed by atoms with Gasteiger partial charge in [0.15, 0.2) is 5.96 Å². The van der Waals surface area contributed by atoms with Crippen LogP contribution in [0.4, 0.5) is 5.69 Å². The molecule has 6 nitrogen and oxygen atoms in total. The number of rotatable bonds is 5. The van der Waals surface area contributed by atoms with Crippen molar-refractivity contribution in [3.05, 3.63) is 42.0 Å². The van der Waals surface area contributed by atoms with E-state index in [1.165, 1.54) is 18.7 Å². The van der Waals surface area contributed by atoms with Crippen LogP contribution in [0.2, 0.25) is 0 Å². The summed E-state index contributed by atoms with van der Waals surface area (Å²) in [7, 11) is 0. The van der Waals surface area contributed by atoms with Crippen LogP contribution in [0.3, 0.4) is 0 Å². The Kier molecular flexibility index (Phi) is 5.03. The van der Waals surface area contributed by atoms with Crippen molar-refractivity contribution in [1.82, 2.24) is 9.55 Å².